The molecule has 0 N–H and O–H groups in total. The van der Waals surface area contributed by atoms with Crippen LogP contribution < -0.4 is 4.90 Å². The smallest absolute Gasteiger partial charge is 0.410 e. The van der Waals surface area contributed by atoms with Crippen LogP contribution in [0.3, 0.4) is 0 Å². The molecule has 1 aliphatic heterocycles. The van der Waals surface area contributed by atoms with Gasteiger partial charge in [0.2, 0.25) is 0 Å². The summed E-state index contributed by atoms with van der Waals surface area (Å²) in [5, 5.41) is 0. The van der Waals surface area contributed by atoms with Gasteiger partial charge in [0.25, 0.3) is 0 Å². The summed E-state index contributed by atoms with van der Waals surface area (Å²) in [5.41, 5.74) is 0.0435. The van der Waals surface area contributed by atoms with E-state index in [4.69, 9.17) is 4.74 Å². The summed E-state index contributed by atoms with van der Waals surface area (Å²) in [6.07, 6.45) is -0.358. The molecule has 1 aliphatic rings. The Morgan fingerprint density at radius 2 is 1.75 bits per heavy atom. The van der Waals surface area contributed by atoms with Crippen LogP contribution in [0.25, 0.3) is 0 Å². The standard InChI is InChI=1S/C17H23FN2O4/c1-17(2,3)24-16(22)20-9-7-19(8-10-20)14-6-5-12(11-13(14)18)15(21)23-4/h5-6,11H,7-10H2,1-4H3. The van der Waals surface area contributed by atoms with Gasteiger partial charge in [0.1, 0.15) is 11.4 Å². The molecule has 1 aromatic rings. The maximum atomic E-state index is 14.3. The number of hydrogen-bond acceptors (Lipinski definition) is 5. The molecule has 1 saturated heterocycles. The van der Waals surface area contributed by atoms with Gasteiger partial charge in [0, 0.05) is 26.2 Å². The SMILES string of the molecule is COC(=O)c1ccc(N2CCN(C(=O)OC(C)(C)C)CC2)c(F)c1. The van der Waals surface area contributed by atoms with Gasteiger partial charge in [-0.15, -0.1) is 0 Å². The lowest BCUT2D eigenvalue weighted by Crippen LogP contribution is -2.50. The highest BCUT2D eigenvalue weighted by molar-refractivity contribution is 5.89. The number of hydrogen-bond donors (Lipinski definition) is 0. The highest BCUT2D eigenvalue weighted by Crippen LogP contribution is 2.23. The van der Waals surface area contributed by atoms with Crippen molar-refractivity contribution >= 4 is 17.7 Å². The van der Waals surface area contributed by atoms with Gasteiger partial charge in [-0.2, -0.15) is 0 Å². The summed E-state index contributed by atoms with van der Waals surface area (Å²) in [4.78, 5) is 26.9. The highest BCUT2D eigenvalue weighted by atomic mass is 19.1. The summed E-state index contributed by atoms with van der Waals surface area (Å²) < 4.78 is 24.2. The van der Waals surface area contributed by atoms with Crippen molar-refractivity contribution in [1.82, 2.24) is 4.90 Å². The number of halogens is 1. The summed E-state index contributed by atoms with van der Waals surface area (Å²) in [5.74, 6) is -1.06. The van der Waals surface area contributed by atoms with Crippen LogP contribution >= 0.6 is 0 Å². The molecule has 0 saturated carbocycles. The first-order chi connectivity index (χ1) is 11.2. The van der Waals surface area contributed by atoms with Gasteiger partial charge in [-0.05, 0) is 39.0 Å². The van der Waals surface area contributed by atoms with Crippen molar-refractivity contribution < 1.29 is 23.5 Å². The number of amides is 1. The van der Waals surface area contributed by atoms with Gasteiger partial charge in [-0.1, -0.05) is 0 Å². The monoisotopic (exact) mass is 338 g/mol. The van der Waals surface area contributed by atoms with Gasteiger partial charge in [-0.3, -0.25) is 0 Å². The average Bonchev–Trinajstić information content (AvgIpc) is 2.52. The predicted molar refractivity (Wildman–Crippen MR) is 87.8 cm³/mol. The molecule has 1 amide bonds. The number of carbonyl (C=O) groups is 2. The van der Waals surface area contributed by atoms with Crippen LogP contribution in [0.1, 0.15) is 31.1 Å². The van der Waals surface area contributed by atoms with Crippen molar-refractivity contribution in [3.05, 3.63) is 29.6 Å². The fraction of sp³-hybridized carbons (Fsp3) is 0.529. The molecular weight excluding hydrogens is 315 g/mol. The van der Waals surface area contributed by atoms with E-state index in [1.165, 1.54) is 19.2 Å². The number of carbonyl (C=O) groups excluding carboxylic acids is 2. The topological polar surface area (TPSA) is 59.1 Å². The molecule has 0 radical (unpaired) electrons. The Hall–Kier alpha value is -2.31. The van der Waals surface area contributed by atoms with E-state index in [0.29, 0.717) is 31.9 Å². The quantitative estimate of drug-likeness (QED) is 0.776. The number of benzene rings is 1. The number of rotatable bonds is 2. The summed E-state index contributed by atoms with van der Waals surface area (Å²) >= 11 is 0. The van der Waals surface area contributed by atoms with E-state index in [1.54, 1.807) is 11.0 Å². The second kappa shape index (κ2) is 7.07. The zero-order valence-electron chi connectivity index (χ0n) is 14.5. The molecule has 0 unspecified atom stereocenters. The predicted octanol–water partition coefficient (Wildman–Crippen LogP) is 2.67. The van der Waals surface area contributed by atoms with Crippen LogP contribution in [0.15, 0.2) is 18.2 Å². The van der Waals surface area contributed by atoms with Crippen molar-refractivity contribution in [2.24, 2.45) is 0 Å². The number of esters is 1. The number of anilines is 1. The van der Waals surface area contributed by atoms with Crippen LogP contribution in [-0.4, -0.2) is 55.9 Å². The Kier molecular flexibility index (Phi) is 5.31. The van der Waals surface area contributed by atoms with Crippen LogP contribution in [0.2, 0.25) is 0 Å². The van der Waals surface area contributed by atoms with Crippen LogP contribution in [-0.2, 0) is 9.47 Å². The summed E-state index contributed by atoms with van der Waals surface area (Å²) in [6.45, 7) is 7.35. The Bertz CT molecular complexity index is 620. The first kappa shape index (κ1) is 18.0. The molecule has 0 aliphatic carbocycles. The molecule has 0 atom stereocenters. The molecule has 1 fully saturated rings. The number of nitrogens with zero attached hydrogens (tertiary/aromatic N) is 2. The second-order valence-electron chi connectivity index (χ2n) is 6.61. The van der Waals surface area contributed by atoms with Crippen molar-refractivity contribution in [3.63, 3.8) is 0 Å². The van der Waals surface area contributed by atoms with E-state index in [-0.39, 0.29) is 11.7 Å². The van der Waals surface area contributed by atoms with E-state index in [1.807, 2.05) is 25.7 Å². The fourth-order valence-electron chi connectivity index (χ4n) is 2.46. The Morgan fingerprint density at radius 3 is 2.25 bits per heavy atom. The third-order valence-electron chi connectivity index (χ3n) is 3.64. The lowest BCUT2D eigenvalue weighted by atomic mass is 10.1. The van der Waals surface area contributed by atoms with Crippen LogP contribution in [0.4, 0.5) is 14.9 Å². The highest BCUT2D eigenvalue weighted by Gasteiger charge is 2.27. The second-order valence-corrected chi connectivity index (χ2v) is 6.61. The molecule has 1 aromatic carbocycles. The first-order valence-corrected chi connectivity index (χ1v) is 7.82. The van der Waals surface area contributed by atoms with E-state index in [0.717, 1.165) is 0 Å². The summed E-state index contributed by atoms with van der Waals surface area (Å²) in [7, 11) is 1.25. The molecule has 0 bridgehead atoms. The summed E-state index contributed by atoms with van der Waals surface area (Å²) in [6, 6.07) is 4.26. The van der Waals surface area contributed by atoms with Crippen molar-refractivity contribution in [1.29, 1.82) is 0 Å². The molecule has 1 heterocycles. The van der Waals surface area contributed by atoms with E-state index >= 15 is 0 Å². The average molecular weight is 338 g/mol. The van der Waals surface area contributed by atoms with Crippen LogP contribution in [0.5, 0.6) is 0 Å². The zero-order chi connectivity index (χ0) is 17.9. The molecule has 2 rings (SSSR count). The van der Waals surface area contributed by atoms with Gasteiger partial charge < -0.3 is 19.3 Å². The largest absolute Gasteiger partial charge is 0.465 e. The number of ether oxygens (including phenoxy) is 2. The Labute approximate surface area is 141 Å². The minimum absolute atomic E-state index is 0.172. The van der Waals surface area contributed by atoms with Crippen molar-refractivity contribution in [3.8, 4) is 0 Å². The zero-order valence-corrected chi connectivity index (χ0v) is 14.5. The molecule has 0 spiro atoms. The van der Waals surface area contributed by atoms with Crippen molar-refractivity contribution in [2.45, 2.75) is 26.4 Å². The maximum absolute atomic E-state index is 14.3. The normalized spacial score (nSPS) is 15.2. The van der Waals surface area contributed by atoms with Gasteiger partial charge in [0.15, 0.2) is 0 Å². The van der Waals surface area contributed by atoms with E-state index in [9.17, 15) is 14.0 Å². The van der Waals surface area contributed by atoms with Gasteiger partial charge in [-0.25, -0.2) is 14.0 Å². The molecular formula is C17H23FN2O4. The minimum atomic E-state index is -0.574. The Morgan fingerprint density at radius 1 is 1.12 bits per heavy atom. The molecule has 6 nitrogen and oxygen atoms in total. The third-order valence-corrected chi connectivity index (χ3v) is 3.64. The third kappa shape index (κ3) is 4.37. The lowest BCUT2D eigenvalue weighted by Gasteiger charge is -2.36. The maximum Gasteiger partial charge on any atom is 0.410 e. The van der Waals surface area contributed by atoms with E-state index in [2.05, 4.69) is 4.74 Å². The van der Waals surface area contributed by atoms with Gasteiger partial charge >= 0.3 is 12.1 Å². The first-order valence-electron chi connectivity index (χ1n) is 7.82. The molecule has 7 heteroatoms. The minimum Gasteiger partial charge on any atom is -0.465 e. The molecule has 0 aromatic heterocycles. The van der Waals surface area contributed by atoms with Crippen molar-refractivity contribution in [2.75, 3.05) is 38.2 Å². The van der Waals surface area contributed by atoms with Gasteiger partial charge in [0.05, 0.1) is 18.4 Å². The Balaban J connectivity index is 2.00. The van der Waals surface area contributed by atoms with Crippen LogP contribution in [0, 0.1) is 5.82 Å². The lowest BCUT2D eigenvalue weighted by molar-refractivity contribution is 0.0240. The van der Waals surface area contributed by atoms with E-state index < -0.39 is 17.4 Å². The number of methoxy groups -OCH3 is 1. The molecule has 132 valence electrons. The molecule has 24 heavy (non-hydrogen) atoms. The number of piperazine rings is 1. The fourth-order valence-corrected chi connectivity index (χ4v) is 2.46.